The van der Waals surface area contributed by atoms with Gasteiger partial charge in [0.1, 0.15) is 0 Å². The maximum Gasteiger partial charge on any atom is 0.261 e. The van der Waals surface area contributed by atoms with Gasteiger partial charge in [-0.2, -0.15) is 8.42 Å². The molecule has 2 N–H and O–H groups in total. The van der Waals surface area contributed by atoms with Gasteiger partial charge >= 0.3 is 0 Å². The lowest BCUT2D eigenvalue weighted by atomic mass is 10.4. The maximum atomic E-state index is 9.19. The van der Waals surface area contributed by atoms with Crippen LogP contribution in [-0.4, -0.2) is 55.5 Å². The predicted molar refractivity (Wildman–Crippen MR) is 50.2 cm³/mol. The first kappa shape index (κ1) is 12.8. The molecule has 0 atom stereocenters. The molecular formula is C7H17NO4S. The van der Waals surface area contributed by atoms with Gasteiger partial charge in [0.2, 0.25) is 0 Å². The largest absolute Gasteiger partial charge is 0.395 e. The first-order valence-corrected chi connectivity index (χ1v) is 6.04. The fourth-order valence-corrected chi connectivity index (χ4v) is 1.15. The van der Waals surface area contributed by atoms with Crippen molar-refractivity contribution in [2.75, 3.05) is 32.5 Å². The quantitative estimate of drug-likeness (QED) is 0.606. The average Bonchev–Trinajstić information content (AvgIpc) is 2.36. The molecule has 1 fully saturated rings. The summed E-state index contributed by atoms with van der Waals surface area (Å²) in [6.07, 6.45) is 3.35. The highest BCUT2D eigenvalue weighted by Gasteiger charge is 2.08. The zero-order valence-electron chi connectivity index (χ0n) is 7.81. The van der Waals surface area contributed by atoms with E-state index in [2.05, 4.69) is 4.90 Å². The summed E-state index contributed by atoms with van der Waals surface area (Å²) in [6.45, 7) is 3.58. The van der Waals surface area contributed by atoms with Crippen LogP contribution in [0.1, 0.15) is 12.8 Å². The summed E-state index contributed by atoms with van der Waals surface area (Å²) >= 11 is 0. The summed E-state index contributed by atoms with van der Waals surface area (Å²) in [6, 6.07) is 0. The van der Waals surface area contributed by atoms with Gasteiger partial charge in [0, 0.05) is 6.54 Å². The smallest absolute Gasteiger partial charge is 0.261 e. The molecule has 0 amide bonds. The van der Waals surface area contributed by atoms with Crippen LogP contribution in [0.2, 0.25) is 0 Å². The third-order valence-corrected chi connectivity index (χ3v) is 1.61. The molecule has 1 saturated heterocycles. The van der Waals surface area contributed by atoms with Crippen LogP contribution in [0.15, 0.2) is 0 Å². The Kier molecular flexibility index (Phi) is 6.23. The molecule has 80 valence electrons. The first-order chi connectivity index (χ1) is 5.93. The second-order valence-corrected chi connectivity index (χ2v) is 4.47. The number of aliphatic hydroxyl groups excluding tert-OH is 1. The van der Waals surface area contributed by atoms with Crippen LogP contribution in [-0.2, 0) is 10.1 Å². The van der Waals surface area contributed by atoms with Crippen molar-refractivity contribution in [3.8, 4) is 0 Å². The third kappa shape index (κ3) is 11.8. The van der Waals surface area contributed by atoms with E-state index in [0.717, 1.165) is 6.54 Å². The van der Waals surface area contributed by atoms with E-state index in [1.54, 1.807) is 0 Å². The van der Waals surface area contributed by atoms with Crippen LogP contribution in [0.5, 0.6) is 0 Å². The second-order valence-electron chi connectivity index (χ2n) is 3.01. The molecule has 0 unspecified atom stereocenters. The zero-order chi connectivity index (χ0) is 10.3. The van der Waals surface area contributed by atoms with E-state index < -0.39 is 10.1 Å². The Morgan fingerprint density at radius 3 is 2.00 bits per heavy atom. The Balaban J connectivity index is 0.000000252. The van der Waals surface area contributed by atoms with Crippen molar-refractivity contribution >= 4 is 10.1 Å². The molecule has 6 heteroatoms. The van der Waals surface area contributed by atoms with Gasteiger partial charge in [-0.15, -0.1) is 0 Å². The summed E-state index contributed by atoms with van der Waals surface area (Å²) < 4.78 is 25.9. The Bertz CT molecular complexity index is 201. The van der Waals surface area contributed by atoms with Crippen molar-refractivity contribution in [1.82, 2.24) is 4.90 Å². The van der Waals surface area contributed by atoms with Gasteiger partial charge in [0.05, 0.1) is 12.9 Å². The summed E-state index contributed by atoms with van der Waals surface area (Å²) in [5.41, 5.74) is 0. The SMILES string of the molecule is CS(=O)(=O)O.OCCN1CCCC1. The number of likely N-dealkylation sites (tertiary alicyclic amines) is 1. The predicted octanol–water partition coefficient (Wildman–Crippen LogP) is -0.421. The second kappa shape index (κ2) is 6.31. The zero-order valence-corrected chi connectivity index (χ0v) is 8.63. The normalized spacial score (nSPS) is 18.1. The van der Waals surface area contributed by atoms with Crippen LogP contribution in [0.25, 0.3) is 0 Å². The molecule has 13 heavy (non-hydrogen) atoms. The maximum absolute atomic E-state index is 9.19. The summed E-state index contributed by atoms with van der Waals surface area (Å²) in [7, 11) is -3.67. The molecule has 1 rings (SSSR count). The van der Waals surface area contributed by atoms with E-state index in [1.807, 2.05) is 0 Å². The monoisotopic (exact) mass is 211 g/mol. The molecule has 0 aromatic heterocycles. The number of hydrogen-bond acceptors (Lipinski definition) is 4. The lowest BCUT2D eigenvalue weighted by Crippen LogP contribution is -2.22. The molecule has 0 aromatic carbocycles. The minimum atomic E-state index is -3.67. The van der Waals surface area contributed by atoms with Crippen molar-refractivity contribution in [1.29, 1.82) is 0 Å². The Morgan fingerprint density at radius 1 is 1.31 bits per heavy atom. The summed E-state index contributed by atoms with van der Waals surface area (Å²) in [4.78, 5) is 2.29. The van der Waals surface area contributed by atoms with E-state index >= 15 is 0 Å². The van der Waals surface area contributed by atoms with Crippen molar-refractivity contribution in [2.45, 2.75) is 12.8 Å². The molecule has 0 bridgehead atoms. The van der Waals surface area contributed by atoms with Crippen molar-refractivity contribution in [2.24, 2.45) is 0 Å². The molecular weight excluding hydrogens is 194 g/mol. The highest BCUT2D eigenvalue weighted by atomic mass is 32.2. The number of β-amino-alcohol motifs (C(OH)–C–C–N with tert-alkyl or cyclic N) is 1. The molecule has 1 heterocycles. The van der Waals surface area contributed by atoms with Crippen LogP contribution in [0.3, 0.4) is 0 Å². The van der Waals surface area contributed by atoms with E-state index in [0.29, 0.717) is 12.9 Å². The van der Waals surface area contributed by atoms with Gasteiger partial charge in [0.15, 0.2) is 0 Å². The number of aliphatic hydroxyl groups is 1. The fourth-order valence-electron chi connectivity index (χ4n) is 1.15. The summed E-state index contributed by atoms with van der Waals surface area (Å²) in [5, 5.41) is 8.48. The topological polar surface area (TPSA) is 77.8 Å². The molecule has 0 saturated carbocycles. The molecule has 1 aliphatic heterocycles. The molecule has 5 nitrogen and oxygen atoms in total. The minimum absolute atomic E-state index is 0.319. The molecule has 0 spiro atoms. The molecule has 0 aromatic rings. The van der Waals surface area contributed by atoms with Gasteiger partial charge in [-0.25, -0.2) is 0 Å². The van der Waals surface area contributed by atoms with E-state index in [9.17, 15) is 8.42 Å². The van der Waals surface area contributed by atoms with E-state index in [-0.39, 0.29) is 0 Å². The number of rotatable bonds is 2. The lowest BCUT2D eigenvalue weighted by Gasteiger charge is -2.10. The molecule has 0 aliphatic carbocycles. The van der Waals surface area contributed by atoms with Gasteiger partial charge < -0.3 is 10.0 Å². The van der Waals surface area contributed by atoms with Gasteiger partial charge in [-0.3, -0.25) is 4.55 Å². The first-order valence-electron chi connectivity index (χ1n) is 4.19. The van der Waals surface area contributed by atoms with Gasteiger partial charge in [0.25, 0.3) is 10.1 Å². The van der Waals surface area contributed by atoms with E-state index in [4.69, 9.17) is 9.66 Å². The highest BCUT2D eigenvalue weighted by Crippen LogP contribution is 2.04. The van der Waals surface area contributed by atoms with Crippen LogP contribution >= 0.6 is 0 Å². The van der Waals surface area contributed by atoms with Crippen LogP contribution in [0.4, 0.5) is 0 Å². The number of hydrogen-bond donors (Lipinski definition) is 2. The van der Waals surface area contributed by atoms with Gasteiger partial charge in [-0.1, -0.05) is 0 Å². The van der Waals surface area contributed by atoms with Crippen molar-refractivity contribution in [3.63, 3.8) is 0 Å². The van der Waals surface area contributed by atoms with Crippen molar-refractivity contribution < 1.29 is 18.1 Å². The lowest BCUT2D eigenvalue weighted by molar-refractivity contribution is 0.221. The van der Waals surface area contributed by atoms with Crippen molar-refractivity contribution in [3.05, 3.63) is 0 Å². The Morgan fingerprint density at radius 2 is 1.69 bits per heavy atom. The third-order valence-electron chi connectivity index (χ3n) is 1.61. The van der Waals surface area contributed by atoms with Crippen LogP contribution in [0, 0.1) is 0 Å². The highest BCUT2D eigenvalue weighted by molar-refractivity contribution is 7.85. The fraction of sp³-hybridized carbons (Fsp3) is 1.00. The van der Waals surface area contributed by atoms with Crippen LogP contribution < -0.4 is 0 Å². The van der Waals surface area contributed by atoms with E-state index in [1.165, 1.54) is 25.9 Å². The molecule has 1 aliphatic rings. The average molecular weight is 211 g/mol. The minimum Gasteiger partial charge on any atom is -0.395 e. The standard InChI is InChI=1S/C6H13NO.CH4O3S/c8-6-5-7-3-1-2-4-7;1-5(2,3)4/h8H,1-6H2;1H3,(H,2,3,4). The number of nitrogens with zero attached hydrogens (tertiary/aromatic N) is 1. The molecule has 0 radical (unpaired) electrons. The Labute approximate surface area is 79.1 Å². The summed E-state index contributed by atoms with van der Waals surface area (Å²) in [5.74, 6) is 0. The van der Waals surface area contributed by atoms with Gasteiger partial charge in [-0.05, 0) is 25.9 Å². The Hall–Kier alpha value is -0.170.